The number of fused-ring (bicyclic) bond motifs is 1. The van der Waals surface area contributed by atoms with Crippen LogP contribution in [0.15, 0.2) is 54.7 Å². The SMILES string of the molecule is Cc1cccc2c1CN(S(=O)C(F)(F)F)CC(CCc1ccccc1)N2Cc1cnc(N)[nH]1. The number of aromatic amines is 1. The molecule has 0 saturated carbocycles. The molecule has 0 aliphatic carbocycles. The lowest BCUT2D eigenvalue weighted by Gasteiger charge is -2.34. The number of hydrogen-bond acceptors (Lipinski definition) is 4. The molecule has 3 aromatic rings. The number of anilines is 2. The second kappa shape index (κ2) is 9.56. The Kier molecular flexibility index (Phi) is 6.76. The van der Waals surface area contributed by atoms with Crippen molar-refractivity contribution in [2.45, 2.75) is 44.4 Å². The van der Waals surface area contributed by atoms with E-state index in [1.165, 1.54) is 0 Å². The summed E-state index contributed by atoms with van der Waals surface area (Å²) in [6.07, 6.45) is 2.91. The summed E-state index contributed by atoms with van der Waals surface area (Å²) in [6.45, 7) is 2.23. The molecule has 3 N–H and O–H groups in total. The maximum absolute atomic E-state index is 13.5. The van der Waals surface area contributed by atoms with Crippen LogP contribution in [0.25, 0.3) is 0 Å². The molecule has 0 saturated heterocycles. The van der Waals surface area contributed by atoms with Gasteiger partial charge in [-0.1, -0.05) is 42.5 Å². The Morgan fingerprint density at radius 1 is 1.18 bits per heavy atom. The van der Waals surface area contributed by atoms with E-state index in [9.17, 15) is 17.4 Å². The standard InChI is InChI=1S/C23H26F3N5OS/c1-16-6-5-9-21-20(16)15-30(33(32)23(24,25)26)14-19(11-10-17-7-3-2-4-8-17)31(21)13-18-12-28-22(27)29-18/h2-9,12,19H,10-11,13-15H2,1H3,(H3,27,28,29). The lowest BCUT2D eigenvalue weighted by Crippen LogP contribution is -2.44. The number of alkyl halides is 3. The van der Waals surface area contributed by atoms with E-state index in [0.717, 1.165) is 32.4 Å². The fourth-order valence-corrected chi connectivity index (χ4v) is 5.13. The molecule has 2 atom stereocenters. The molecule has 10 heteroatoms. The predicted octanol–water partition coefficient (Wildman–Crippen LogP) is 4.31. The van der Waals surface area contributed by atoms with Crippen molar-refractivity contribution < 1.29 is 17.4 Å². The van der Waals surface area contributed by atoms with Gasteiger partial charge in [0.15, 0.2) is 5.95 Å². The number of hydrogen-bond donors (Lipinski definition) is 2. The van der Waals surface area contributed by atoms with Crippen molar-refractivity contribution in [3.63, 3.8) is 0 Å². The molecule has 1 aliphatic heterocycles. The molecule has 2 aromatic carbocycles. The Hall–Kier alpha value is -2.85. The van der Waals surface area contributed by atoms with Gasteiger partial charge in [0.2, 0.25) is 11.0 Å². The zero-order valence-corrected chi connectivity index (χ0v) is 19.0. The van der Waals surface area contributed by atoms with Gasteiger partial charge in [0.25, 0.3) is 0 Å². The second-order valence-electron chi connectivity index (χ2n) is 8.19. The van der Waals surface area contributed by atoms with Crippen molar-refractivity contribution in [2.24, 2.45) is 0 Å². The molecule has 2 unspecified atom stereocenters. The number of aromatic nitrogens is 2. The number of rotatable bonds is 6. The van der Waals surface area contributed by atoms with Crippen molar-refractivity contribution in [3.05, 3.63) is 77.1 Å². The fourth-order valence-electron chi connectivity index (χ4n) is 4.29. The molecule has 4 rings (SSSR count). The molecule has 176 valence electrons. The van der Waals surface area contributed by atoms with Crippen LogP contribution < -0.4 is 10.6 Å². The molecule has 2 heterocycles. The van der Waals surface area contributed by atoms with E-state index in [4.69, 9.17) is 5.73 Å². The molecular formula is C23H26F3N5OS. The third-order valence-electron chi connectivity index (χ3n) is 5.91. The highest BCUT2D eigenvalue weighted by Gasteiger charge is 2.43. The Labute approximate surface area is 193 Å². The first-order valence-electron chi connectivity index (χ1n) is 10.6. The van der Waals surface area contributed by atoms with Crippen LogP contribution in [0.3, 0.4) is 0 Å². The minimum atomic E-state index is -4.82. The van der Waals surface area contributed by atoms with Gasteiger partial charge in [0.05, 0.1) is 18.4 Å². The van der Waals surface area contributed by atoms with Crippen LogP contribution >= 0.6 is 0 Å². The monoisotopic (exact) mass is 477 g/mol. The van der Waals surface area contributed by atoms with Gasteiger partial charge in [-0.05, 0) is 42.5 Å². The number of nitrogens with zero attached hydrogens (tertiary/aromatic N) is 3. The minimum absolute atomic E-state index is 0.0106. The Morgan fingerprint density at radius 3 is 2.61 bits per heavy atom. The molecule has 0 radical (unpaired) electrons. The summed E-state index contributed by atoms with van der Waals surface area (Å²) < 4.78 is 53.9. The molecule has 0 fully saturated rings. The molecule has 6 nitrogen and oxygen atoms in total. The van der Waals surface area contributed by atoms with Crippen LogP contribution in [0.1, 0.15) is 28.8 Å². The summed E-state index contributed by atoms with van der Waals surface area (Å²) >= 11 is 0. The summed E-state index contributed by atoms with van der Waals surface area (Å²) in [5.74, 6) is 0.282. The van der Waals surface area contributed by atoms with Crippen LogP contribution in [-0.2, 0) is 30.5 Å². The first kappa shape index (κ1) is 23.3. The highest BCUT2D eigenvalue weighted by Crippen LogP contribution is 2.35. The number of nitrogens with one attached hydrogen (secondary N) is 1. The van der Waals surface area contributed by atoms with Gasteiger partial charge in [-0.15, -0.1) is 0 Å². The van der Waals surface area contributed by atoms with E-state index in [2.05, 4.69) is 14.9 Å². The van der Waals surface area contributed by atoms with E-state index in [1.807, 2.05) is 55.5 Å². The van der Waals surface area contributed by atoms with Crippen LogP contribution in [0.4, 0.5) is 24.8 Å². The fraction of sp³-hybridized carbons (Fsp3) is 0.348. The smallest absolute Gasteiger partial charge is 0.369 e. The number of aryl methyl sites for hydroxylation is 2. The van der Waals surface area contributed by atoms with E-state index in [1.54, 1.807) is 6.20 Å². The van der Waals surface area contributed by atoms with Gasteiger partial charge in [0, 0.05) is 24.8 Å². The lowest BCUT2D eigenvalue weighted by molar-refractivity contribution is -0.0431. The Bertz CT molecular complexity index is 1120. The lowest BCUT2D eigenvalue weighted by atomic mass is 10.0. The highest BCUT2D eigenvalue weighted by atomic mass is 32.2. The summed E-state index contributed by atoms with van der Waals surface area (Å²) in [7, 11) is -3.11. The normalized spacial score (nSPS) is 18.1. The molecule has 1 aliphatic rings. The first-order chi connectivity index (χ1) is 15.7. The second-order valence-corrected chi connectivity index (χ2v) is 9.67. The zero-order valence-electron chi connectivity index (χ0n) is 18.2. The number of halogens is 3. The molecule has 0 bridgehead atoms. The minimum Gasteiger partial charge on any atom is -0.369 e. The number of nitrogens with two attached hydrogens (primary N) is 1. The van der Waals surface area contributed by atoms with E-state index < -0.39 is 16.5 Å². The van der Waals surface area contributed by atoms with Gasteiger partial charge in [-0.3, -0.25) is 0 Å². The van der Waals surface area contributed by atoms with Gasteiger partial charge >= 0.3 is 5.51 Å². The summed E-state index contributed by atoms with van der Waals surface area (Å²) in [4.78, 5) is 9.16. The van der Waals surface area contributed by atoms with Gasteiger partial charge in [-0.2, -0.15) is 13.2 Å². The topological polar surface area (TPSA) is 78.2 Å². The molecule has 0 spiro atoms. The van der Waals surface area contributed by atoms with E-state index in [0.29, 0.717) is 19.4 Å². The van der Waals surface area contributed by atoms with Crippen LogP contribution in [0.2, 0.25) is 0 Å². The molecule has 33 heavy (non-hydrogen) atoms. The van der Waals surface area contributed by atoms with E-state index in [-0.39, 0.29) is 25.1 Å². The summed E-state index contributed by atoms with van der Waals surface area (Å²) in [6, 6.07) is 15.2. The number of imidazole rings is 1. The van der Waals surface area contributed by atoms with Gasteiger partial charge in [0.1, 0.15) is 0 Å². The van der Waals surface area contributed by atoms with E-state index >= 15 is 0 Å². The highest BCUT2D eigenvalue weighted by molar-refractivity contribution is 7.83. The van der Waals surface area contributed by atoms with Gasteiger partial charge in [-0.25, -0.2) is 13.5 Å². The van der Waals surface area contributed by atoms with Crippen molar-refractivity contribution in [1.82, 2.24) is 14.3 Å². The Morgan fingerprint density at radius 2 is 1.94 bits per heavy atom. The van der Waals surface area contributed by atoms with Gasteiger partial charge < -0.3 is 15.6 Å². The van der Waals surface area contributed by atoms with Crippen LogP contribution in [0.5, 0.6) is 0 Å². The van der Waals surface area contributed by atoms with Crippen molar-refractivity contribution in [2.75, 3.05) is 17.2 Å². The van der Waals surface area contributed by atoms with Crippen molar-refractivity contribution in [3.8, 4) is 0 Å². The maximum atomic E-state index is 13.5. The number of benzene rings is 2. The molecule has 1 aromatic heterocycles. The number of H-pyrrole nitrogens is 1. The third kappa shape index (κ3) is 5.39. The van der Waals surface area contributed by atoms with Crippen molar-refractivity contribution >= 4 is 22.6 Å². The summed E-state index contributed by atoms with van der Waals surface area (Å²) in [5.41, 5.74) is 5.22. The largest absolute Gasteiger partial charge is 0.485 e. The quantitative estimate of drug-likeness (QED) is 0.555. The maximum Gasteiger partial charge on any atom is 0.485 e. The molecular weight excluding hydrogens is 451 g/mol. The van der Waals surface area contributed by atoms with Crippen molar-refractivity contribution in [1.29, 1.82) is 0 Å². The average Bonchev–Trinajstić information content (AvgIpc) is 3.12. The predicted molar refractivity (Wildman–Crippen MR) is 124 cm³/mol. The zero-order chi connectivity index (χ0) is 23.6. The number of nitrogen functional groups attached to an aromatic ring is 1. The summed E-state index contributed by atoms with van der Waals surface area (Å²) in [5, 5.41) is 0. The average molecular weight is 478 g/mol. The van der Waals surface area contributed by atoms with Crippen LogP contribution in [0, 0.1) is 6.92 Å². The first-order valence-corrected chi connectivity index (χ1v) is 11.7. The van der Waals surface area contributed by atoms with Crippen LogP contribution in [-0.4, -0.2) is 36.6 Å². The third-order valence-corrected chi connectivity index (χ3v) is 7.06. The molecule has 0 amide bonds. The Balaban J connectivity index is 1.74.